The van der Waals surface area contributed by atoms with Gasteiger partial charge in [0.2, 0.25) is 0 Å². The number of hydrogen-bond acceptors (Lipinski definition) is 3. The van der Waals surface area contributed by atoms with Crippen LogP contribution in [0.4, 0.5) is 9.18 Å². The summed E-state index contributed by atoms with van der Waals surface area (Å²) in [5.41, 5.74) is 0.0785. The second-order valence-electron chi connectivity index (χ2n) is 6.53. The first-order valence-electron chi connectivity index (χ1n) is 7.40. The van der Waals surface area contributed by atoms with Crippen LogP contribution >= 0.6 is 11.6 Å². The lowest BCUT2D eigenvalue weighted by Crippen LogP contribution is -2.38. The number of ether oxygens (including phenoxy) is 1. The van der Waals surface area contributed by atoms with Gasteiger partial charge in [-0.1, -0.05) is 17.7 Å². The van der Waals surface area contributed by atoms with E-state index in [9.17, 15) is 9.18 Å². The lowest BCUT2D eigenvalue weighted by Gasteiger charge is -2.24. The maximum atomic E-state index is 13.7. The molecule has 0 aliphatic carbocycles. The molecule has 1 atom stereocenters. The molecule has 1 aromatic carbocycles. The van der Waals surface area contributed by atoms with E-state index in [1.807, 2.05) is 20.8 Å². The highest BCUT2D eigenvalue weighted by Crippen LogP contribution is 2.17. The molecule has 1 saturated heterocycles. The molecule has 0 saturated carbocycles. The normalized spacial score (nSPS) is 18.6. The van der Waals surface area contributed by atoms with Crippen molar-refractivity contribution in [2.75, 3.05) is 13.1 Å². The van der Waals surface area contributed by atoms with Gasteiger partial charge in [0, 0.05) is 36.3 Å². The van der Waals surface area contributed by atoms with Crippen LogP contribution in [0.25, 0.3) is 0 Å². The molecule has 1 amide bonds. The average Bonchev–Trinajstić information content (AvgIpc) is 2.84. The van der Waals surface area contributed by atoms with E-state index >= 15 is 0 Å². The highest BCUT2D eigenvalue weighted by atomic mass is 35.5. The van der Waals surface area contributed by atoms with Crippen molar-refractivity contribution < 1.29 is 13.9 Å². The van der Waals surface area contributed by atoms with Crippen LogP contribution in [-0.2, 0) is 11.3 Å². The van der Waals surface area contributed by atoms with Gasteiger partial charge in [0.15, 0.2) is 0 Å². The minimum atomic E-state index is -0.491. The lowest BCUT2D eigenvalue weighted by atomic mass is 10.2. The molecule has 0 bridgehead atoms. The van der Waals surface area contributed by atoms with Gasteiger partial charge in [-0.3, -0.25) is 0 Å². The first-order chi connectivity index (χ1) is 10.2. The summed E-state index contributed by atoms with van der Waals surface area (Å²) in [6, 6.07) is 4.79. The van der Waals surface area contributed by atoms with E-state index in [-0.39, 0.29) is 18.0 Å². The number of halogens is 2. The van der Waals surface area contributed by atoms with Gasteiger partial charge in [-0.15, -0.1) is 0 Å². The van der Waals surface area contributed by atoms with Gasteiger partial charge in [0.1, 0.15) is 11.4 Å². The summed E-state index contributed by atoms with van der Waals surface area (Å²) in [4.78, 5) is 13.7. The predicted octanol–water partition coefficient (Wildman–Crippen LogP) is 3.58. The van der Waals surface area contributed by atoms with Crippen LogP contribution in [-0.4, -0.2) is 35.7 Å². The number of carbonyl (C=O) groups is 1. The summed E-state index contributed by atoms with van der Waals surface area (Å²) in [5.74, 6) is -0.318. The maximum absolute atomic E-state index is 13.7. The number of carbonyl (C=O) groups excluding carboxylic acids is 1. The standard InChI is InChI=1S/C16H22ClFN2O2/c1-16(2,3)22-15(21)20-7-6-13(10-20)19-9-11-4-5-12(17)8-14(11)18/h4-5,8,13,19H,6-7,9-10H2,1-3H3. The van der Waals surface area contributed by atoms with Crippen LogP contribution in [0.2, 0.25) is 5.02 Å². The van der Waals surface area contributed by atoms with Crippen molar-refractivity contribution in [1.82, 2.24) is 10.2 Å². The topological polar surface area (TPSA) is 41.6 Å². The molecule has 2 rings (SSSR count). The first kappa shape index (κ1) is 17.0. The molecule has 1 fully saturated rings. The Labute approximate surface area is 135 Å². The number of amides is 1. The van der Waals surface area contributed by atoms with Crippen molar-refractivity contribution in [2.24, 2.45) is 0 Å². The predicted molar refractivity (Wildman–Crippen MR) is 84.5 cm³/mol. The molecule has 1 aromatic rings. The first-order valence-corrected chi connectivity index (χ1v) is 7.77. The van der Waals surface area contributed by atoms with Crippen molar-refractivity contribution in [3.8, 4) is 0 Å². The zero-order chi connectivity index (χ0) is 16.3. The molecule has 4 nitrogen and oxygen atoms in total. The van der Waals surface area contributed by atoms with E-state index in [2.05, 4.69) is 5.32 Å². The van der Waals surface area contributed by atoms with E-state index in [1.54, 1.807) is 17.0 Å². The Morgan fingerprint density at radius 3 is 2.86 bits per heavy atom. The maximum Gasteiger partial charge on any atom is 0.410 e. The van der Waals surface area contributed by atoms with Crippen molar-refractivity contribution in [3.05, 3.63) is 34.6 Å². The van der Waals surface area contributed by atoms with Crippen molar-refractivity contribution >= 4 is 17.7 Å². The largest absolute Gasteiger partial charge is 0.444 e. The van der Waals surface area contributed by atoms with Gasteiger partial charge in [-0.25, -0.2) is 9.18 Å². The molecule has 0 radical (unpaired) electrons. The molecule has 6 heteroatoms. The van der Waals surface area contributed by atoms with E-state index < -0.39 is 5.60 Å². The highest BCUT2D eigenvalue weighted by molar-refractivity contribution is 6.30. The second-order valence-corrected chi connectivity index (χ2v) is 6.97. The molecule has 0 spiro atoms. The number of likely N-dealkylation sites (tertiary alicyclic amines) is 1. The van der Waals surface area contributed by atoms with Gasteiger partial charge in [-0.2, -0.15) is 0 Å². The Kier molecular flexibility index (Phi) is 5.29. The SMILES string of the molecule is CC(C)(C)OC(=O)N1CCC(NCc2ccc(Cl)cc2F)C1. The van der Waals surface area contributed by atoms with Crippen molar-refractivity contribution in [2.45, 2.75) is 45.4 Å². The van der Waals surface area contributed by atoms with Crippen LogP contribution in [0.15, 0.2) is 18.2 Å². The van der Waals surface area contributed by atoms with Gasteiger partial charge in [-0.05, 0) is 39.3 Å². The molecule has 1 heterocycles. The summed E-state index contributed by atoms with van der Waals surface area (Å²) < 4.78 is 19.1. The van der Waals surface area contributed by atoms with Crippen molar-refractivity contribution in [3.63, 3.8) is 0 Å². The number of hydrogen-bond donors (Lipinski definition) is 1. The number of rotatable bonds is 3. The lowest BCUT2D eigenvalue weighted by molar-refractivity contribution is 0.0291. The fourth-order valence-electron chi connectivity index (χ4n) is 2.34. The summed E-state index contributed by atoms with van der Waals surface area (Å²) in [5, 5.41) is 3.66. The number of benzene rings is 1. The molecule has 122 valence electrons. The molecule has 1 aliphatic heterocycles. The Balaban J connectivity index is 1.82. The van der Waals surface area contributed by atoms with Gasteiger partial charge in [0.25, 0.3) is 0 Å². The van der Waals surface area contributed by atoms with E-state index in [0.717, 1.165) is 6.42 Å². The van der Waals surface area contributed by atoms with E-state index in [4.69, 9.17) is 16.3 Å². The quantitative estimate of drug-likeness (QED) is 0.922. The van der Waals surface area contributed by atoms with E-state index in [0.29, 0.717) is 30.2 Å². The zero-order valence-electron chi connectivity index (χ0n) is 13.2. The Bertz CT molecular complexity index is 545. The summed E-state index contributed by atoms with van der Waals surface area (Å²) in [6.45, 7) is 7.18. The van der Waals surface area contributed by atoms with Crippen LogP contribution in [0.5, 0.6) is 0 Å². The van der Waals surface area contributed by atoms with Crippen LogP contribution < -0.4 is 5.32 Å². The molecule has 0 aromatic heterocycles. The van der Waals surface area contributed by atoms with Gasteiger partial charge in [0.05, 0.1) is 0 Å². The van der Waals surface area contributed by atoms with Crippen molar-refractivity contribution in [1.29, 1.82) is 0 Å². The monoisotopic (exact) mass is 328 g/mol. The third kappa shape index (κ3) is 4.85. The Morgan fingerprint density at radius 1 is 1.50 bits per heavy atom. The second kappa shape index (κ2) is 6.84. The molecular formula is C16H22ClFN2O2. The van der Waals surface area contributed by atoms with E-state index in [1.165, 1.54) is 6.07 Å². The summed E-state index contributed by atoms with van der Waals surface area (Å²) >= 11 is 5.73. The Hall–Kier alpha value is -1.33. The van der Waals surface area contributed by atoms with Crippen LogP contribution in [0.3, 0.4) is 0 Å². The Morgan fingerprint density at radius 2 is 2.23 bits per heavy atom. The molecule has 1 aliphatic rings. The molecule has 22 heavy (non-hydrogen) atoms. The van der Waals surface area contributed by atoms with Crippen LogP contribution in [0, 0.1) is 5.82 Å². The third-order valence-corrected chi connectivity index (χ3v) is 3.67. The molecule has 1 N–H and O–H groups in total. The third-order valence-electron chi connectivity index (χ3n) is 3.44. The fraction of sp³-hybridized carbons (Fsp3) is 0.562. The molecule has 1 unspecified atom stereocenters. The smallest absolute Gasteiger partial charge is 0.410 e. The van der Waals surface area contributed by atoms with Gasteiger partial charge >= 0.3 is 6.09 Å². The van der Waals surface area contributed by atoms with Gasteiger partial charge < -0.3 is 15.0 Å². The minimum Gasteiger partial charge on any atom is -0.444 e. The number of nitrogens with one attached hydrogen (secondary N) is 1. The average molecular weight is 329 g/mol. The minimum absolute atomic E-state index is 0.141. The summed E-state index contributed by atoms with van der Waals surface area (Å²) in [7, 11) is 0. The highest BCUT2D eigenvalue weighted by Gasteiger charge is 2.29. The zero-order valence-corrected chi connectivity index (χ0v) is 13.9. The van der Waals surface area contributed by atoms with Crippen LogP contribution in [0.1, 0.15) is 32.8 Å². The summed E-state index contributed by atoms with van der Waals surface area (Å²) in [6.07, 6.45) is 0.531. The fourth-order valence-corrected chi connectivity index (χ4v) is 2.50. The molecular weight excluding hydrogens is 307 g/mol. The number of nitrogens with zero attached hydrogens (tertiary/aromatic N) is 1.